The summed E-state index contributed by atoms with van der Waals surface area (Å²) in [6.07, 6.45) is 4.49. The van der Waals surface area contributed by atoms with Crippen LogP contribution in [-0.2, 0) is 10.0 Å². The number of allylic oxidation sites excluding steroid dienone is 1. The molecule has 0 bridgehead atoms. The molecular weight excluding hydrogens is 248 g/mol. The number of benzene rings is 1. The summed E-state index contributed by atoms with van der Waals surface area (Å²) in [6, 6.07) is 3.45. The van der Waals surface area contributed by atoms with Gasteiger partial charge in [-0.05, 0) is 44.4 Å². The van der Waals surface area contributed by atoms with Gasteiger partial charge in [0.25, 0.3) is 0 Å². The molecule has 0 aliphatic heterocycles. The van der Waals surface area contributed by atoms with Crippen molar-refractivity contribution in [2.45, 2.75) is 32.1 Å². The van der Waals surface area contributed by atoms with Crippen molar-refractivity contribution in [1.29, 1.82) is 0 Å². The van der Waals surface area contributed by atoms with Crippen LogP contribution in [0.4, 0.5) is 5.69 Å². The molecule has 0 heterocycles. The molecule has 0 saturated carbocycles. The fraction of sp³-hybridized carbons (Fsp3) is 0.385. The van der Waals surface area contributed by atoms with Crippen LogP contribution in [0.2, 0.25) is 0 Å². The van der Waals surface area contributed by atoms with Crippen LogP contribution in [-0.4, -0.2) is 15.0 Å². The summed E-state index contributed by atoms with van der Waals surface area (Å²) in [4.78, 5) is 0.294. The fourth-order valence-corrected chi connectivity index (χ4v) is 3.32. The van der Waals surface area contributed by atoms with E-state index < -0.39 is 10.0 Å². The number of nitrogens with two attached hydrogens (primary N) is 1. The molecule has 0 aliphatic rings. The van der Waals surface area contributed by atoms with Crippen LogP contribution in [0.15, 0.2) is 29.2 Å². The van der Waals surface area contributed by atoms with E-state index in [4.69, 9.17) is 5.73 Å². The lowest BCUT2D eigenvalue weighted by atomic mass is 10.1. The zero-order valence-electron chi connectivity index (χ0n) is 11.0. The Hall–Kier alpha value is -1.33. The zero-order valence-corrected chi connectivity index (χ0v) is 11.8. The van der Waals surface area contributed by atoms with Crippen LogP contribution in [0.3, 0.4) is 0 Å². The average molecular weight is 268 g/mol. The van der Waals surface area contributed by atoms with Crippen LogP contribution in [0.1, 0.15) is 24.5 Å². The van der Waals surface area contributed by atoms with Gasteiger partial charge in [0, 0.05) is 12.2 Å². The second-order valence-electron chi connectivity index (χ2n) is 4.18. The topological polar surface area (TPSA) is 72.2 Å². The number of nitrogen functional groups attached to an aromatic ring is 1. The second-order valence-corrected chi connectivity index (χ2v) is 5.89. The van der Waals surface area contributed by atoms with Crippen molar-refractivity contribution in [2.75, 3.05) is 12.3 Å². The first-order valence-electron chi connectivity index (χ1n) is 5.86. The molecule has 4 nitrogen and oxygen atoms in total. The molecule has 0 unspecified atom stereocenters. The Morgan fingerprint density at radius 3 is 2.61 bits per heavy atom. The van der Waals surface area contributed by atoms with Gasteiger partial charge in [-0.1, -0.05) is 18.2 Å². The minimum absolute atomic E-state index is 0.294. The Labute approximate surface area is 109 Å². The third-order valence-electron chi connectivity index (χ3n) is 2.75. The maximum atomic E-state index is 12.2. The SMILES string of the molecule is C/C=C/CCNS(=O)(=O)c1c(C)ccc(N)c1C. The Morgan fingerprint density at radius 1 is 1.33 bits per heavy atom. The van der Waals surface area contributed by atoms with Gasteiger partial charge in [0.2, 0.25) is 10.0 Å². The van der Waals surface area contributed by atoms with E-state index in [0.717, 1.165) is 0 Å². The smallest absolute Gasteiger partial charge is 0.241 e. The summed E-state index contributed by atoms with van der Waals surface area (Å²) < 4.78 is 27.0. The van der Waals surface area contributed by atoms with Crippen molar-refractivity contribution in [3.63, 3.8) is 0 Å². The molecule has 1 aromatic carbocycles. The first kappa shape index (κ1) is 14.7. The molecule has 0 radical (unpaired) electrons. The van der Waals surface area contributed by atoms with Crippen molar-refractivity contribution in [3.8, 4) is 0 Å². The van der Waals surface area contributed by atoms with E-state index >= 15 is 0 Å². The van der Waals surface area contributed by atoms with Crippen LogP contribution < -0.4 is 10.5 Å². The Bertz CT molecular complexity index is 548. The van der Waals surface area contributed by atoms with Gasteiger partial charge in [0.15, 0.2) is 0 Å². The molecule has 1 rings (SSSR count). The molecule has 0 aliphatic carbocycles. The fourth-order valence-electron chi connectivity index (χ4n) is 1.77. The third-order valence-corrected chi connectivity index (χ3v) is 4.50. The molecule has 0 saturated heterocycles. The van der Waals surface area contributed by atoms with Crippen molar-refractivity contribution < 1.29 is 8.42 Å². The number of aryl methyl sites for hydroxylation is 1. The number of sulfonamides is 1. The highest BCUT2D eigenvalue weighted by molar-refractivity contribution is 7.89. The Kier molecular flexibility index (Phi) is 4.93. The summed E-state index contributed by atoms with van der Waals surface area (Å²) in [5, 5.41) is 0. The van der Waals surface area contributed by atoms with Crippen molar-refractivity contribution in [2.24, 2.45) is 0 Å². The van der Waals surface area contributed by atoms with Crippen LogP contribution >= 0.6 is 0 Å². The summed E-state index contributed by atoms with van der Waals surface area (Å²) in [6.45, 7) is 5.79. The largest absolute Gasteiger partial charge is 0.398 e. The van der Waals surface area contributed by atoms with Crippen molar-refractivity contribution in [1.82, 2.24) is 4.72 Å². The maximum Gasteiger partial charge on any atom is 0.241 e. The van der Waals surface area contributed by atoms with Gasteiger partial charge in [0.1, 0.15) is 0 Å². The molecular formula is C13H20N2O2S. The lowest BCUT2D eigenvalue weighted by Crippen LogP contribution is -2.26. The Morgan fingerprint density at radius 2 is 2.00 bits per heavy atom. The average Bonchev–Trinajstić information content (AvgIpc) is 2.30. The quantitative estimate of drug-likeness (QED) is 0.488. The second kappa shape index (κ2) is 6.02. The highest BCUT2D eigenvalue weighted by Crippen LogP contribution is 2.24. The molecule has 0 amide bonds. The first-order valence-corrected chi connectivity index (χ1v) is 7.35. The first-order chi connectivity index (χ1) is 8.40. The van der Waals surface area contributed by atoms with E-state index in [0.29, 0.717) is 34.7 Å². The van der Waals surface area contributed by atoms with E-state index in [9.17, 15) is 8.42 Å². The van der Waals surface area contributed by atoms with Gasteiger partial charge in [-0.25, -0.2) is 13.1 Å². The number of anilines is 1. The number of hydrogen-bond donors (Lipinski definition) is 2. The van der Waals surface area contributed by atoms with Crippen LogP contribution in [0.25, 0.3) is 0 Å². The molecule has 18 heavy (non-hydrogen) atoms. The van der Waals surface area contributed by atoms with Crippen LogP contribution in [0, 0.1) is 13.8 Å². The summed E-state index contributed by atoms with van der Waals surface area (Å²) >= 11 is 0. The molecule has 5 heteroatoms. The molecule has 0 fully saturated rings. The molecule has 0 spiro atoms. The van der Waals surface area contributed by atoms with Gasteiger partial charge in [-0.15, -0.1) is 0 Å². The Balaban J connectivity index is 3.02. The van der Waals surface area contributed by atoms with E-state index in [-0.39, 0.29) is 0 Å². The standard InChI is InChI=1S/C13H20N2O2S/c1-4-5-6-9-15-18(16,17)13-10(2)7-8-12(14)11(13)3/h4-5,7-8,15H,6,9,14H2,1-3H3/b5-4+. The van der Waals surface area contributed by atoms with Gasteiger partial charge in [-0.2, -0.15) is 0 Å². The zero-order chi connectivity index (χ0) is 13.8. The molecule has 0 atom stereocenters. The monoisotopic (exact) mass is 268 g/mol. The lowest BCUT2D eigenvalue weighted by Gasteiger charge is -2.13. The maximum absolute atomic E-state index is 12.2. The lowest BCUT2D eigenvalue weighted by molar-refractivity contribution is 0.581. The van der Waals surface area contributed by atoms with E-state index in [2.05, 4.69) is 4.72 Å². The van der Waals surface area contributed by atoms with Gasteiger partial charge >= 0.3 is 0 Å². The molecule has 0 aromatic heterocycles. The van der Waals surface area contributed by atoms with Gasteiger partial charge in [-0.3, -0.25) is 0 Å². The normalized spacial score (nSPS) is 12.2. The van der Waals surface area contributed by atoms with Crippen molar-refractivity contribution >= 4 is 15.7 Å². The minimum atomic E-state index is -3.49. The van der Waals surface area contributed by atoms with Gasteiger partial charge < -0.3 is 5.73 Å². The third kappa shape index (κ3) is 3.34. The summed E-state index contributed by atoms with van der Waals surface area (Å²) in [5.41, 5.74) is 7.57. The van der Waals surface area contributed by atoms with Crippen LogP contribution in [0.5, 0.6) is 0 Å². The summed E-state index contributed by atoms with van der Waals surface area (Å²) in [5.74, 6) is 0. The van der Waals surface area contributed by atoms with E-state index in [1.54, 1.807) is 26.0 Å². The number of hydrogen-bond acceptors (Lipinski definition) is 3. The molecule has 3 N–H and O–H groups in total. The van der Waals surface area contributed by atoms with Crippen molar-refractivity contribution in [3.05, 3.63) is 35.4 Å². The highest BCUT2D eigenvalue weighted by Gasteiger charge is 2.19. The summed E-state index contributed by atoms with van der Waals surface area (Å²) in [7, 11) is -3.49. The van der Waals surface area contributed by atoms with E-state index in [1.165, 1.54) is 0 Å². The molecule has 100 valence electrons. The highest BCUT2D eigenvalue weighted by atomic mass is 32.2. The number of nitrogens with one attached hydrogen (secondary N) is 1. The predicted molar refractivity (Wildman–Crippen MR) is 74.9 cm³/mol. The van der Waals surface area contributed by atoms with Gasteiger partial charge in [0.05, 0.1) is 4.90 Å². The minimum Gasteiger partial charge on any atom is -0.398 e. The van der Waals surface area contributed by atoms with E-state index in [1.807, 2.05) is 19.1 Å². The molecule has 1 aromatic rings. The predicted octanol–water partition coefficient (Wildman–Crippen LogP) is 2.13. The number of rotatable bonds is 5.